The maximum absolute atomic E-state index is 9.33. The fraction of sp³-hybridized carbons (Fsp3) is 0.312. The Morgan fingerprint density at radius 2 is 1.75 bits per heavy atom. The second kappa shape index (κ2) is 5.92. The van der Waals surface area contributed by atoms with Crippen LogP contribution < -0.4 is 4.90 Å². The molecule has 1 fully saturated rings. The number of phenols is 1. The second-order valence-electron chi connectivity index (χ2n) is 5.14. The van der Waals surface area contributed by atoms with Crippen LogP contribution in [-0.4, -0.2) is 41.2 Å². The average molecular weight is 269 g/mol. The molecular formula is C16H19N3O. The molecular weight excluding hydrogens is 250 g/mol. The normalized spacial score (nSPS) is 16.3. The van der Waals surface area contributed by atoms with Gasteiger partial charge in [-0.15, -0.1) is 0 Å². The summed E-state index contributed by atoms with van der Waals surface area (Å²) in [5, 5.41) is 9.33. The van der Waals surface area contributed by atoms with E-state index in [2.05, 4.69) is 20.9 Å². The van der Waals surface area contributed by atoms with Gasteiger partial charge in [0.05, 0.1) is 0 Å². The first-order valence-corrected chi connectivity index (χ1v) is 6.96. The van der Waals surface area contributed by atoms with Crippen LogP contribution in [0.5, 0.6) is 5.75 Å². The van der Waals surface area contributed by atoms with E-state index in [1.54, 1.807) is 12.1 Å². The monoisotopic (exact) mass is 269 g/mol. The minimum absolute atomic E-state index is 0.323. The quantitative estimate of drug-likeness (QED) is 0.926. The third kappa shape index (κ3) is 3.08. The standard InChI is InChI=1S/C16H19N3O/c20-16-5-3-15(4-6-16)19-10-8-18(9-11-19)13-14-2-1-7-17-12-14/h1-7,12,20H,8-11,13H2. The Labute approximate surface area is 119 Å². The van der Waals surface area contributed by atoms with E-state index in [1.165, 1.54) is 11.3 Å². The lowest BCUT2D eigenvalue weighted by Gasteiger charge is -2.36. The van der Waals surface area contributed by atoms with Crippen LogP contribution in [0.15, 0.2) is 48.8 Å². The molecule has 4 nitrogen and oxygen atoms in total. The molecule has 1 N–H and O–H groups in total. The molecule has 0 saturated carbocycles. The van der Waals surface area contributed by atoms with E-state index in [4.69, 9.17) is 0 Å². The summed E-state index contributed by atoms with van der Waals surface area (Å²) in [5.74, 6) is 0.323. The Morgan fingerprint density at radius 1 is 1.00 bits per heavy atom. The van der Waals surface area contributed by atoms with Crippen LogP contribution in [0.1, 0.15) is 5.56 Å². The van der Waals surface area contributed by atoms with Crippen LogP contribution >= 0.6 is 0 Å². The van der Waals surface area contributed by atoms with Gasteiger partial charge in [0, 0.05) is 50.8 Å². The zero-order chi connectivity index (χ0) is 13.8. The zero-order valence-electron chi connectivity index (χ0n) is 11.4. The Kier molecular flexibility index (Phi) is 3.83. The van der Waals surface area contributed by atoms with Crippen molar-refractivity contribution in [1.29, 1.82) is 0 Å². The number of hydrogen-bond acceptors (Lipinski definition) is 4. The predicted octanol–water partition coefficient (Wildman–Crippen LogP) is 2.11. The van der Waals surface area contributed by atoms with Crippen molar-refractivity contribution in [2.75, 3.05) is 31.1 Å². The largest absolute Gasteiger partial charge is 0.508 e. The van der Waals surface area contributed by atoms with E-state index >= 15 is 0 Å². The van der Waals surface area contributed by atoms with Crippen molar-refractivity contribution >= 4 is 5.69 Å². The predicted molar refractivity (Wildman–Crippen MR) is 79.8 cm³/mol. The summed E-state index contributed by atoms with van der Waals surface area (Å²) in [4.78, 5) is 8.97. The molecule has 1 aliphatic rings. The SMILES string of the molecule is Oc1ccc(N2CCN(Cc3cccnc3)CC2)cc1. The lowest BCUT2D eigenvalue weighted by molar-refractivity contribution is 0.249. The Morgan fingerprint density at radius 3 is 2.40 bits per heavy atom. The highest BCUT2D eigenvalue weighted by atomic mass is 16.3. The van der Waals surface area contributed by atoms with Crippen molar-refractivity contribution in [3.63, 3.8) is 0 Å². The van der Waals surface area contributed by atoms with Gasteiger partial charge in [-0.2, -0.15) is 0 Å². The van der Waals surface area contributed by atoms with Crippen LogP contribution in [0.2, 0.25) is 0 Å². The highest BCUT2D eigenvalue weighted by molar-refractivity contribution is 5.49. The van der Waals surface area contributed by atoms with Crippen LogP contribution in [0.3, 0.4) is 0 Å². The van der Waals surface area contributed by atoms with E-state index in [0.717, 1.165) is 32.7 Å². The third-order valence-electron chi connectivity index (χ3n) is 3.72. The molecule has 0 spiro atoms. The summed E-state index contributed by atoms with van der Waals surface area (Å²) in [6.07, 6.45) is 3.75. The number of pyridine rings is 1. The van der Waals surface area contributed by atoms with Crippen molar-refractivity contribution in [2.24, 2.45) is 0 Å². The van der Waals surface area contributed by atoms with E-state index in [-0.39, 0.29) is 0 Å². The lowest BCUT2D eigenvalue weighted by Crippen LogP contribution is -2.45. The highest BCUT2D eigenvalue weighted by Crippen LogP contribution is 2.20. The molecule has 0 radical (unpaired) electrons. The van der Waals surface area contributed by atoms with Crippen molar-refractivity contribution in [2.45, 2.75) is 6.54 Å². The molecule has 0 atom stereocenters. The number of rotatable bonds is 3. The number of phenolic OH excluding ortho intramolecular Hbond substituents is 1. The van der Waals surface area contributed by atoms with Gasteiger partial charge in [-0.25, -0.2) is 0 Å². The number of aromatic hydroxyl groups is 1. The van der Waals surface area contributed by atoms with E-state index in [1.807, 2.05) is 30.6 Å². The van der Waals surface area contributed by atoms with Gasteiger partial charge in [0.25, 0.3) is 0 Å². The minimum Gasteiger partial charge on any atom is -0.508 e. The van der Waals surface area contributed by atoms with Crippen molar-refractivity contribution < 1.29 is 5.11 Å². The molecule has 0 amide bonds. The highest BCUT2D eigenvalue weighted by Gasteiger charge is 2.17. The maximum atomic E-state index is 9.33. The first kappa shape index (κ1) is 12.9. The summed E-state index contributed by atoms with van der Waals surface area (Å²) in [6.45, 7) is 5.11. The van der Waals surface area contributed by atoms with Crippen LogP contribution in [0, 0.1) is 0 Å². The number of benzene rings is 1. The van der Waals surface area contributed by atoms with Crippen molar-refractivity contribution in [3.05, 3.63) is 54.4 Å². The van der Waals surface area contributed by atoms with Crippen molar-refractivity contribution in [1.82, 2.24) is 9.88 Å². The summed E-state index contributed by atoms with van der Waals surface area (Å²) >= 11 is 0. The number of aromatic nitrogens is 1. The molecule has 3 rings (SSSR count). The van der Waals surface area contributed by atoms with E-state index in [0.29, 0.717) is 5.75 Å². The van der Waals surface area contributed by atoms with Gasteiger partial charge >= 0.3 is 0 Å². The molecule has 0 unspecified atom stereocenters. The molecule has 0 bridgehead atoms. The summed E-state index contributed by atoms with van der Waals surface area (Å²) in [6, 6.07) is 11.6. The third-order valence-corrected chi connectivity index (χ3v) is 3.72. The molecule has 2 heterocycles. The van der Waals surface area contributed by atoms with Crippen molar-refractivity contribution in [3.8, 4) is 5.75 Å². The molecule has 0 aliphatic carbocycles. The number of piperazine rings is 1. The fourth-order valence-corrected chi connectivity index (χ4v) is 2.58. The van der Waals surface area contributed by atoms with Crippen LogP contribution in [-0.2, 0) is 6.54 Å². The van der Waals surface area contributed by atoms with Gasteiger partial charge in [-0.3, -0.25) is 9.88 Å². The second-order valence-corrected chi connectivity index (χ2v) is 5.14. The van der Waals surface area contributed by atoms with E-state index < -0.39 is 0 Å². The lowest BCUT2D eigenvalue weighted by atomic mass is 10.2. The Balaban J connectivity index is 1.55. The summed E-state index contributed by atoms with van der Waals surface area (Å²) in [5.41, 5.74) is 2.45. The van der Waals surface area contributed by atoms with E-state index in [9.17, 15) is 5.11 Å². The molecule has 4 heteroatoms. The average Bonchev–Trinajstić information content (AvgIpc) is 2.50. The smallest absolute Gasteiger partial charge is 0.115 e. The Bertz CT molecular complexity index is 533. The van der Waals surface area contributed by atoms with Gasteiger partial charge in [0.15, 0.2) is 0 Å². The minimum atomic E-state index is 0.323. The molecule has 20 heavy (non-hydrogen) atoms. The topological polar surface area (TPSA) is 39.6 Å². The first-order chi connectivity index (χ1) is 9.81. The first-order valence-electron chi connectivity index (χ1n) is 6.96. The molecule has 1 aliphatic heterocycles. The zero-order valence-corrected chi connectivity index (χ0v) is 11.4. The molecule has 2 aromatic rings. The summed E-state index contributed by atoms with van der Waals surface area (Å²) in [7, 11) is 0. The van der Waals surface area contributed by atoms with Gasteiger partial charge in [0.1, 0.15) is 5.75 Å². The maximum Gasteiger partial charge on any atom is 0.115 e. The van der Waals surface area contributed by atoms with Gasteiger partial charge < -0.3 is 10.0 Å². The van der Waals surface area contributed by atoms with Gasteiger partial charge in [0.2, 0.25) is 0 Å². The van der Waals surface area contributed by atoms with Crippen LogP contribution in [0.4, 0.5) is 5.69 Å². The van der Waals surface area contributed by atoms with Gasteiger partial charge in [-0.1, -0.05) is 6.07 Å². The Hall–Kier alpha value is -2.07. The number of anilines is 1. The molecule has 104 valence electrons. The number of nitrogens with zero attached hydrogens (tertiary/aromatic N) is 3. The molecule has 1 aromatic heterocycles. The fourth-order valence-electron chi connectivity index (χ4n) is 2.58. The number of hydrogen-bond donors (Lipinski definition) is 1. The van der Waals surface area contributed by atoms with Crippen LogP contribution in [0.25, 0.3) is 0 Å². The molecule has 1 saturated heterocycles. The molecule has 1 aromatic carbocycles. The van der Waals surface area contributed by atoms with Gasteiger partial charge in [-0.05, 0) is 35.9 Å². The summed E-state index contributed by atoms with van der Waals surface area (Å²) < 4.78 is 0.